The van der Waals surface area contributed by atoms with E-state index < -0.39 is 0 Å². The van der Waals surface area contributed by atoms with Gasteiger partial charge >= 0.3 is 0 Å². The number of nitrogens with zero attached hydrogens (tertiary/aromatic N) is 6. The highest BCUT2D eigenvalue weighted by atomic mass is 15.3. The summed E-state index contributed by atoms with van der Waals surface area (Å²) in [5.41, 5.74) is 4.55. The maximum absolute atomic E-state index is 4.74. The molecule has 0 amide bonds. The smallest absolute Gasteiger partial charge is 0.178 e. The van der Waals surface area contributed by atoms with Crippen LogP contribution in [0.2, 0.25) is 0 Å². The molecule has 0 atom stereocenters. The number of hydrogen-bond acceptors (Lipinski definition) is 6. The van der Waals surface area contributed by atoms with E-state index in [0.29, 0.717) is 5.82 Å². The van der Waals surface area contributed by atoms with Gasteiger partial charge in [0, 0.05) is 18.1 Å². The average molecular weight is 405 g/mol. The fraction of sp³-hybridized carbons (Fsp3) is 0.455. The Hall–Kier alpha value is -3.00. The van der Waals surface area contributed by atoms with Crippen molar-refractivity contribution in [2.75, 3.05) is 25.0 Å². The van der Waals surface area contributed by atoms with Gasteiger partial charge in [-0.15, -0.1) is 0 Å². The van der Waals surface area contributed by atoms with Crippen LogP contribution in [0.25, 0.3) is 22.1 Å². The number of aromatic amines is 1. The molecule has 5 rings (SSSR count). The van der Waals surface area contributed by atoms with Gasteiger partial charge in [0.2, 0.25) is 0 Å². The Labute approximate surface area is 175 Å². The van der Waals surface area contributed by atoms with Crippen molar-refractivity contribution in [1.82, 2.24) is 34.8 Å². The Morgan fingerprint density at radius 3 is 2.87 bits per heavy atom. The molecule has 156 valence electrons. The zero-order valence-electron chi connectivity index (χ0n) is 17.4. The number of unbranched alkanes of at least 4 members (excludes halogenated alkanes) is 1. The molecule has 0 aromatic carbocycles. The van der Waals surface area contributed by atoms with Crippen LogP contribution in [0.5, 0.6) is 0 Å². The number of likely N-dealkylation sites (tertiary alicyclic amines) is 1. The Kier molecular flexibility index (Phi) is 5.31. The second-order valence-electron chi connectivity index (χ2n) is 8.11. The predicted molar refractivity (Wildman–Crippen MR) is 119 cm³/mol. The van der Waals surface area contributed by atoms with Gasteiger partial charge in [-0.05, 0) is 70.4 Å². The lowest BCUT2D eigenvalue weighted by atomic mass is 10.1. The minimum Gasteiger partial charge on any atom is -0.336 e. The number of piperidine rings is 1. The first kappa shape index (κ1) is 19.0. The molecule has 8 nitrogen and oxygen atoms in total. The molecule has 2 N–H and O–H groups in total. The first-order valence-corrected chi connectivity index (χ1v) is 10.9. The van der Waals surface area contributed by atoms with E-state index in [2.05, 4.69) is 36.1 Å². The van der Waals surface area contributed by atoms with Gasteiger partial charge in [-0.1, -0.05) is 6.42 Å². The average Bonchev–Trinajstić information content (AvgIpc) is 3.33. The van der Waals surface area contributed by atoms with E-state index in [1.807, 2.05) is 25.3 Å². The number of fused-ring (bicyclic) bond motifs is 2. The molecule has 0 unspecified atom stereocenters. The van der Waals surface area contributed by atoms with E-state index in [9.17, 15) is 0 Å². The molecule has 0 spiro atoms. The molecule has 1 aliphatic heterocycles. The van der Waals surface area contributed by atoms with Crippen LogP contribution in [0, 0.1) is 6.92 Å². The zero-order valence-corrected chi connectivity index (χ0v) is 17.4. The van der Waals surface area contributed by atoms with Gasteiger partial charge < -0.3 is 10.2 Å². The Morgan fingerprint density at radius 2 is 1.97 bits per heavy atom. The van der Waals surface area contributed by atoms with Gasteiger partial charge in [-0.2, -0.15) is 10.2 Å². The monoisotopic (exact) mass is 404 g/mol. The summed E-state index contributed by atoms with van der Waals surface area (Å²) in [7, 11) is 0. The summed E-state index contributed by atoms with van der Waals surface area (Å²) in [5, 5.41) is 16.5. The molecule has 5 heterocycles. The van der Waals surface area contributed by atoms with Crippen LogP contribution in [-0.2, 0) is 6.54 Å². The van der Waals surface area contributed by atoms with Crippen molar-refractivity contribution < 1.29 is 0 Å². The number of H-pyrrole nitrogens is 1. The Morgan fingerprint density at radius 1 is 1.10 bits per heavy atom. The summed E-state index contributed by atoms with van der Waals surface area (Å²) >= 11 is 0. The topological polar surface area (TPSA) is 87.5 Å². The van der Waals surface area contributed by atoms with Crippen LogP contribution in [0.3, 0.4) is 0 Å². The molecule has 8 heteroatoms. The van der Waals surface area contributed by atoms with Crippen molar-refractivity contribution in [3.63, 3.8) is 0 Å². The Bertz CT molecular complexity index is 1140. The third kappa shape index (κ3) is 3.87. The molecular weight excluding hydrogens is 376 g/mol. The molecule has 0 radical (unpaired) electrons. The van der Waals surface area contributed by atoms with Gasteiger partial charge in [0.25, 0.3) is 0 Å². The van der Waals surface area contributed by atoms with Crippen LogP contribution in [-0.4, -0.2) is 54.5 Å². The number of nitrogens with one attached hydrogen (secondary N) is 2. The summed E-state index contributed by atoms with van der Waals surface area (Å²) in [4.78, 5) is 11.7. The first-order valence-electron chi connectivity index (χ1n) is 10.9. The minimum atomic E-state index is 0.703. The van der Waals surface area contributed by atoms with E-state index in [1.54, 1.807) is 6.20 Å². The molecule has 0 bridgehead atoms. The van der Waals surface area contributed by atoms with Crippen LogP contribution in [0.4, 0.5) is 11.5 Å². The summed E-state index contributed by atoms with van der Waals surface area (Å²) < 4.78 is 2.05. The van der Waals surface area contributed by atoms with Gasteiger partial charge in [0.1, 0.15) is 5.52 Å². The molecule has 4 aromatic rings. The van der Waals surface area contributed by atoms with Crippen LogP contribution < -0.4 is 5.32 Å². The fourth-order valence-corrected chi connectivity index (χ4v) is 4.29. The number of aromatic nitrogens is 6. The quantitative estimate of drug-likeness (QED) is 0.452. The van der Waals surface area contributed by atoms with E-state index in [1.165, 1.54) is 45.3 Å². The molecule has 1 saturated heterocycles. The van der Waals surface area contributed by atoms with Crippen molar-refractivity contribution in [1.29, 1.82) is 0 Å². The zero-order chi connectivity index (χ0) is 20.3. The number of rotatable bonds is 7. The SMILES string of the molecule is Cc1nn(CCCCN2CCCCC2)c2ncc(Nc3n[nH]c4cccnc34)cc12. The molecule has 0 saturated carbocycles. The number of hydrogen-bond donors (Lipinski definition) is 2. The predicted octanol–water partition coefficient (Wildman–Crippen LogP) is 4.02. The number of anilines is 2. The lowest BCUT2D eigenvalue weighted by molar-refractivity contribution is 0.223. The molecule has 30 heavy (non-hydrogen) atoms. The van der Waals surface area contributed by atoms with E-state index in [-0.39, 0.29) is 0 Å². The van der Waals surface area contributed by atoms with Gasteiger partial charge in [0.15, 0.2) is 11.5 Å². The van der Waals surface area contributed by atoms with Gasteiger partial charge in [-0.3, -0.25) is 10.1 Å². The summed E-state index contributed by atoms with van der Waals surface area (Å²) in [6, 6.07) is 5.95. The van der Waals surface area contributed by atoms with E-state index >= 15 is 0 Å². The maximum Gasteiger partial charge on any atom is 0.178 e. The lowest BCUT2D eigenvalue weighted by Crippen LogP contribution is -2.30. The normalized spacial score (nSPS) is 15.2. The molecule has 1 aliphatic rings. The minimum absolute atomic E-state index is 0.703. The Balaban J connectivity index is 1.26. The molecular formula is C22H28N8. The van der Waals surface area contributed by atoms with Crippen molar-refractivity contribution in [2.45, 2.75) is 45.6 Å². The van der Waals surface area contributed by atoms with Gasteiger partial charge in [0.05, 0.1) is 23.1 Å². The molecule has 0 aliphatic carbocycles. The highest BCUT2D eigenvalue weighted by Crippen LogP contribution is 2.25. The molecule has 4 aromatic heterocycles. The first-order chi connectivity index (χ1) is 14.8. The highest BCUT2D eigenvalue weighted by molar-refractivity contribution is 5.89. The standard InChI is InChI=1S/C22H28N8/c1-16-18-14-17(25-21-20-19(26-27-21)8-7-9-23-20)15-24-22(18)30(28-16)13-6-5-12-29-10-3-2-4-11-29/h7-9,14-15H,2-6,10-13H2,1H3,(H2,25,26,27). The third-order valence-electron chi connectivity index (χ3n) is 5.90. The summed E-state index contributed by atoms with van der Waals surface area (Å²) in [5.74, 6) is 0.703. The van der Waals surface area contributed by atoms with Crippen molar-refractivity contribution in [3.05, 3.63) is 36.3 Å². The summed E-state index contributed by atoms with van der Waals surface area (Å²) in [6.07, 6.45) is 10.0. The van der Waals surface area contributed by atoms with Crippen molar-refractivity contribution in [2.24, 2.45) is 0 Å². The van der Waals surface area contributed by atoms with Crippen LogP contribution in [0.1, 0.15) is 37.8 Å². The molecule has 1 fully saturated rings. The van der Waals surface area contributed by atoms with E-state index in [0.717, 1.165) is 46.4 Å². The summed E-state index contributed by atoms with van der Waals surface area (Å²) in [6.45, 7) is 6.69. The maximum atomic E-state index is 4.74. The van der Waals surface area contributed by atoms with Crippen LogP contribution in [0.15, 0.2) is 30.6 Å². The fourth-order valence-electron chi connectivity index (χ4n) is 4.29. The number of aryl methyl sites for hydroxylation is 2. The lowest BCUT2D eigenvalue weighted by Gasteiger charge is -2.26. The van der Waals surface area contributed by atoms with Crippen molar-refractivity contribution in [3.8, 4) is 0 Å². The third-order valence-corrected chi connectivity index (χ3v) is 5.90. The van der Waals surface area contributed by atoms with Gasteiger partial charge in [-0.25, -0.2) is 9.67 Å². The highest BCUT2D eigenvalue weighted by Gasteiger charge is 2.13. The number of pyridine rings is 2. The largest absolute Gasteiger partial charge is 0.336 e. The van der Waals surface area contributed by atoms with Crippen LogP contribution >= 0.6 is 0 Å². The van der Waals surface area contributed by atoms with Crippen molar-refractivity contribution >= 4 is 33.6 Å². The van der Waals surface area contributed by atoms with E-state index in [4.69, 9.17) is 10.1 Å². The second-order valence-corrected chi connectivity index (χ2v) is 8.11. The second kappa shape index (κ2) is 8.39.